The average molecular weight is 391 g/mol. The fourth-order valence-electron chi connectivity index (χ4n) is 4.95. The highest BCUT2D eigenvalue weighted by Crippen LogP contribution is 2.73. The van der Waals surface area contributed by atoms with Crippen molar-refractivity contribution in [2.24, 2.45) is 29.1 Å². The minimum absolute atomic E-state index is 0.0233. The van der Waals surface area contributed by atoms with Gasteiger partial charge in [-0.1, -0.05) is 18.2 Å². The third-order valence-corrected chi connectivity index (χ3v) is 6.59. The van der Waals surface area contributed by atoms with Gasteiger partial charge in [-0.25, -0.2) is 4.90 Å². The Hall–Kier alpha value is -1.17. The SMILES string of the molecule is O=C1[C@@H]2[C@H](C(=O)N1c1cccc(I)c1)[C@@H]1C=C[C@H]2C12CC2. The Kier molecular flexibility index (Phi) is 2.22. The Bertz CT molecular complexity index is 687. The van der Waals surface area contributed by atoms with Crippen molar-refractivity contribution < 1.29 is 9.59 Å². The number of amides is 2. The van der Waals surface area contributed by atoms with Gasteiger partial charge in [0.1, 0.15) is 0 Å². The number of halogens is 1. The van der Waals surface area contributed by atoms with Gasteiger partial charge < -0.3 is 0 Å². The molecule has 4 aliphatic rings. The Labute approximate surface area is 136 Å². The van der Waals surface area contributed by atoms with Crippen molar-refractivity contribution in [3.8, 4) is 0 Å². The first-order chi connectivity index (χ1) is 10.1. The van der Waals surface area contributed by atoms with Crippen molar-refractivity contribution in [1.82, 2.24) is 0 Å². The van der Waals surface area contributed by atoms with Crippen LogP contribution in [-0.2, 0) is 9.59 Å². The molecule has 0 radical (unpaired) electrons. The fourth-order valence-corrected chi connectivity index (χ4v) is 5.47. The van der Waals surface area contributed by atoms with Crippen LogP contribution in [0.15, 0.2) is 36.4 Å². The summed E-state index contributed by atoms with van der Waals surface area (Å²) in [5.74, 6) is 0.444. The van der Waals surface area contributed by atoms with Gasteiger partial charge in [0, 0.05) is 3.57 Å². The van der Waals surface area contributed by atoms with E-state index < -0.39 is 0 Å². The summed E-state index contributed by atoms with van der Waals surface area (Å²) in [5, 5.41) is 0. The summed E-state index contributed by atoms with van der Waals surface area (Å²) < 4.78 is 1.04. The number of rotatable bonds is 1. The van der Waals surface area contributed by atoms with Crippen molar-refractivity contribution >= 4 is 40.1 Å². The van der Waals surface area contributed by atoms with E-state index in [1.807, 2.05) is 24.3 Å². The first-order valence-electron chi connectivity index (χ1n) is 7.45. The molecule has 5 rings (SSSR count). The van der Waals surface area contributed by atoms with E-state index in [9.17, 15) is 9.59 Å². The van der Waals surface area contributed by atoms with Gasteiger partial charge in [0.15, 0.2) is 0 Å². The van der Waals surface area contributed by atoms with Crippen LogP contribution < -0.4 is 4.90 Å². The van der Waals surface area contributed by atoms with E-state index in [2.05, 4.69) is 34.7 Å². The Morgan fingerprint density at radius 2 is 1.67 bits per heavy atom. The van der Waals surface area contributed by atoms with E-state index in [1.165, 1.54) is 17.7 Å². The summed E-state index contributed by atoms with van der Waals surface area (Å²) in [5.41, 5.74) is 1.01. The molecule has 4 heteroatoms. The zero-order valence-corrected chi connectivity index (χ0v) is 13.5. The number of benzene rings is 1. The maximum absolute atomic E-state index is 12.9. The maximum Gasteiger partial charge on any atom is 0.238 e. The van der Waals surface area contributed by atoms with Crippen molar-refractivity contribution in [2.75, 3.05) is 4.90 Å². The summed E-state index contributed by atoms with van der Waals surface area (Å²) in [6, 6.07) is 7.65. The number of carbonyl (C=O) groups is 2. The van der Waals surface area contributed by atoms with E-state index in [4.69, 9.17) is 0 Å². The molecule has 1 saturated heterocycles. The van der Waals surface area contributed by atoms with E-state index in [1.54, 1.807) is 0 Å². The van der Waals surface area contributed by atoms with Crippen molar-refractivity contribution in [3.05, 3.63) is 40.0 Å². The third-order valence-electron chi connectivity index (χ3n) is 5.92. The van der Waals surface area contributed by atoms with Crippen LogP contribution >= 0.6 is 22.6 Å². The molecule has 1 aromatic rings. The second-order valence-electron chi connectivity index (χ2n) is 6.71. The highest BCUT2D eigenvalue weighted by Gasteiger charge is 2.73. The van der Waals surface area contributed by atoms with Crippen LogP contribution in [0.4, 0.5) is 5.69 Å². The Morgan fingerprint density at radius 3 is 2.19 bits per heavy atom. The molecule has 21 heavy (non-hydrogen) atoms. The van der Waals surface area contributed by atoms with Crippen LogP contribution in [0.1, 0.15) is 12.8 Å². The number of allylic oxidation sites excluding steroid dienone is 2. The molecular weight excluding hydrogens is 377 g/mol. The molecule has 2 saturated carbocycles. The predicted octanol–water partition coefficient (Wildman–Crippen LogP) is 2.99. The molecule has 0 unspecified atom stereocenters. The zero-order valence-electron chi connectivity index (χ0n) is 11.3. The highest BCUT2D eigenvalue weighted by atomic mass is 127. The van der Waals surface area contributed by atoms with Crippen LogP contribution in [-0.4, -0.2) is 11.8 Å². The lowest BCUT2D eigenvalue weighted by molar-refractivity contribution is -0.123. The first-order valence-corrected chi connectivity index (χ1v) is 8.53. The maximum atomic E-state index is 12.9. The standard InChI is InChI=1S/C17H14INO2/c18-9-2-1-3-10(8-9)19-15(20)13-11-4-5-12(14(13)16(19)21)17(11)6-7-17/h1-5,8,11-14H,6-7H2/t11-,12+,13+,14-. The molecule has 1 aromatic carbocycles. The Morgan fingerprint density at radius 1 is 1.05 bits per heavy atom. The molecule has 2 bridgehead atoms. The average Bonchev–Trinajstić information content (AvgIpc) is 3.05. The topological polar surface area (TPSA) is 37.4 Å². The van der Waals surface area contributed by atoms with E-state index >= 15 is 0 Å². The van der Waals surface area contributed by atoms with Gasteiger partial charge in [-0.3, -0.25) is 9.59 Å². The summed E-state index contributed by atoms with van der Waals surface area (Å²) in [4.78, 5) is 27.2. The number of carbonyl (C=O) groups excluding carboxylic acids is 2. The molecule has 1 heterocycles. The molecular formula is C17H14INO2. The minimum atomic E-state index is -0.104. The van der Waals surface area contributed by atoms with E-state index in [-0.39, 0.29) is 29.1 Å². The van der Waals surface area contributed by atoms with Crippen LogP contribution in [0.3, 0.4) is 0 Å². The fraction of sp³-hybridized carbons (Fsp3) is 0.412. The molecule has 3 nitrogen and oxygen atoms in total. The Balaban J connectivity index is 1.59. The lowest BCUT2D eigenvalue weighted by atomic mass is 9.85. The van der Waals surface area contributed by atoms with Crippen LogP contribution in [0, 0.1) is 32.7 Å². The lowest BCUT2D eigenvalue weighted by Crippen LogP contribution is -2.34. The molecule has 0 aromatic heterocycles. The van der Waals surface area contributed by atoms with Crippen LogP contribution in [0.5, 0.6) is 0 Å². The molecule has 1 aliphatic heterocycles. The summed E-state index contributed by atoms with van der Waals surface area (Å²) in [6.07, 6.45) is 6.79. The first kappa shape index (κ1) is 12.4. The molecule has 1 spiro atoms. The number of fused-ring (bicyclic) bond motifs is 3. The van der Waals surface area contributed by atoms with E-state index in [0.29, 0.717) is 11.8 Å². The smallest absolute Gasteiger partial charge is 0.238 e. The van der Waals surface area contributed by atoms with Gasteiger partial charge in [-0.05, 0) is 70.9 Å². The van der Waals surface area contributed by atoms with Crippen molar-refractivity contribution in [2.45, 2.75) is 12.8 Å². The predicted molar refractivity (Wildman–Crippen MR) is 86.4 cm³/mol. The van der Waals surface area contributed by atoms with Gasteiger partial charge in [0.05, 0.1) is 17.5 Å². The highest BCUT2D eigenvalue weighted by molar-refractivity contribution is 14.1. The molecule has 2 amide bonds. The summed E-state index contributed by atoms with van der Waals surface area (Å²) in [7, 11) is 0. The van der Waals surface area contributed by atoms with Gasteiger partial charge in [0.2, 0.25) is 11.8 Å². The molecule has 3 aliphatic carbocycles. The number of hydrogen-bond acceptors (Lipinski definition) is 2. The molecule has 0 N–H and O–H groups in total. The van der Waals surface area contributed by atoms with E-state index in [0.717, 1.165) is 9.26 Å². The second kappa shape index (κ2) is 3.77. The monoisotopic (exact) mass is 391 g/mol. The minimum Gasteiger partial charge on any atom is -0.274 e. The van der Waals surface area contributed by atoms with Crippen molar-refractivity contribution in [3.63, 3.8) is 0 Å². The largest absolute Gasteiger partial charge is 0.274 e. The quantitative estimate of drug-likeness (QED) is 0.420. The van der Waals surface area contributed by atoms with Gasteiger partial charge in [-0.2, -0.15) is 0 Å². The summed E-state index contributed by atoms with van der Waals surface area (Å²) >= 11 is 2.21. The van der Waals surface area contributed by atoms with Gasteiger partial charge in [0.25, 0.3) is 0 Å². The number of hydrogen-bond donors (Lipinski definition) is 0. The summed E-state index contributed by atoms with van der Waals surface area (Å²) in [6.45, 7) is 0. The van der Waals surface area contributed by atoms with Crippen LogP contribution in [0.2, 0.25) is 0 Å². The number of nitrogens with zero attached hydrogens (tertiary/aromatic N) is 1. The number of imide groups is 1. The van der Waals surface area contributed by atoms with Crippen LogP contribution in [0.25, 0.3) is 0 Å². The second-order valence-corrected chi connectivity index (χ2v) is 7.96. The third kappa shape index (κ3) is 1.35. The van der Waals surface area contributed by atoms with Crippen molar-refractivity contribution in [1.29, 1.82) is 0 Å². The zero-order chi connectivity index (χ0) is 14.4. The molecule has 4 atom stereocenters. The normalized spacial score (nSPS) is 37.7. The molecule has 3 fully saturated rings. The number of anilines is 1. The van der Waals surface area contributed by atoms with Gasteiger partial charge >= 0.3 is 0 Å². The lowest BCUT2D eigenvalue weighted by Gasteiger charge is -2.21. The molecule has 106 valence electrons. The van der Waals surface area contributed by atoms with Gasteiger partial charge in [-0.15, -0.1) is 0 Å².